The van der Waals surface area contributed by atoms with Crippen LogP contribution in [0.1, 0.15) is 6.42 Å². The number of halogens is 1. The summed E-state index contributed by atoms with van der Waals surface area (Å²) in [6, 6.07) is 1.87. The van der Waals surface area contributed by atoms with Crippen molar-refractivity contribution in [3.8, 4) is 0 Å². The zero-order valence-electron chi connectivity index (χ0n) is 9.13. The van der Waals surface area contributed by atoms with Crippen LogP contribution in [-0.4, -0.2) is 46.8 Å². The van der Waals surface area contributed by atoms with Crippen LogP contribution in [0.2, 0.25) is 0 Å². The van der Waals surface area contributed by atoms with Crippen molar-refractivity contribution in [3.63, 3.8) is 0 Å². The molecule has 0 aromatic carbocycles. The molecule has 1 fully saturated rings. The maximum absolute atomic E-state index is 11.8. The number of amides is 1. The molecule has 1 aromatic heterocycles. The largest absolute Gasteiger partial charge is 0.340 e. The molecule has 0 aliphatic carbocycles. The summed E-state index contributed by atoms with van der Waals surface area (Å²) < 4.78 is 1.79. The van der Waals surface area contributed by atoms with Gasteiger partial charge in [0.2, 0.25) is 5.91 Å². The zero-order chi connectivity index (χ0) is 10.5. The topological polar surface area (TPSA) is 50.2 Å². The van der Waals surface area contributed by atoms with E-state index in [2.05, 4.69) is 10.4 Å². The molecule has 2 heterocycles. The van der Waals surface area contributed by atoms with E-state index in [-0.39, 0.29) is 18.3 Å². The molecule has 6 heteroatoms. The lowest BCUT2D eigenvalue weighted by atomic mass is 10.3. The number of rotatable bonds is 3. The number of hydrogen-bond acceptors (Lipinski definition) is 3. The Hall–Kier alpha value is -1.07. The van der Waals surface area contributed by atoms with Crippen molar-refractivity contribution < 1.29 is 4.79 Å². The average molecular weight is 245 g/mol. The van der Waals surface area contributed by atoms with E-state index in [1.165, 1.54) is 0 Å². The van der Waals surface area contributed by atoms with Gasteiger partial charge in [-0.1, -0.05) is 0 Å². The third-order valence-electron chi connectivity index (χ3n) is 2.58. The van der Waals surface area contributed by atoms with Gasteiger partial charge >= 0.3 is 0 Å². The van der Waals surface area contributed by atoms with Crippen LogP contribution in [-0.2, 0) is 11.3 Å². The molecule has 90 valence electrons. The molecular weight excluding hydrogens is 228 g/mol. The van der Waals surface area contributed by atoms with Crippen LogP contribution in [0, 0.1) is 0 Å². The van der Waals surface area contributed by atoms with Gasteiger partial charge in [0.05, 0.1) is 0 Å². The van der Waals surface area contributed by atoms with E-state index in [1.54, 1.807) is 10.9 Å². The van der Waals surface area contributed by atoms with Gasteiger partial charge in [-0.05, 0) is 6.07 Å². The molecule has 0 spiro atoms. The van der Waals surface area contributed by atoms with E-state index in [9.17, 15) is 4.79 Å². The summed E-state index contributed by atoms with van der Waals surface area (Å²) in [6.07, 6.45) is 4.15. The number of piperazine rings is 1. The summed E-state index contributed by atoms with van der Waals surface area (Å²) in [5.74, 6) is 0.229. The molecule has 0 atom stereocenters. The van der Waals surface area contributed by atoms with Gasteiger partial charge < -0.3 is 10.2 Å². The second-order valence-corrected chi connectivity index (χ2v) is 3.65. The summed E-state index contributed by atoms with van der Waals surface area (Å²) in [5.41, 5.74) is 0. The molecule has 16 heavy (non-hydrogen) atoms. The van der Waals surface area contributed by atoms with Gasteiger partial charge in [0.15, 0.2) is 0 Å². The van der Waals surface area contributed by atoms with Crippen molar-refractivity contribution in [1.29, 1.82) is 0 Å². The molecule has 0 bridgehead atoms. The highest BCUT2D eigenvalue weighted by Crippen LogP contribution is 1.98. The fourth-order valence-corrected chi connectivity index (χ4v) is 1.72. The van der Waals surface area contributed by atoms with Gasteiger partial charge in [-0.15, -0.1) is 12.4 Å². The smallest absolute Gasteiger partial charge is 0.224 e. The Morgan fingerprint density at radius 2 is 2.12 bits per heavy atom. The minimum atomic E-state index is 0. The molecule has 1 aliphatic heterocycles. The van der Waals surface area contributed by atoms with E-state index < -0.39 is 0 Å². The lowest BCUT2D eigenvalue weighted by Crippen LogP contribution is -2.46. The predicted octanol–water partition coefficient (Wildman–Crippen LogP) is 0.127. The number of aryl methyl sites for hydroxylation is 1. The molecule has 2 rings (SSSR count). The van der Waals surface area contributed by atoms with Crippen LogP contribution < -0.4 is 5.32 Å². The van der Waals surface area contributed by atoms with Crippen molar-refractivity contribution >= 4 is 18.3 Å². The van der Waals surface area contributed by atoms with E-state index in [1.807, 2.05) is 17.2 Å². The number of carbonyl (C=O) groups is 1. The minimum Gasteiger partial charge on any atom is -0.340 e. The number of carbonyl (C=O) groups excluding carboxylic acids is 1. The third kappa shape index (κ3) is 3.50. The highest BCUT2D eigenvalue weighted by atomic mass is 35.5. The summed E-state index contributed by atoms with van der Waals surface area (Å²) in [5, 5.41) is 7.29. The number of nitrogens with zero attached hydrogens (tertiary/aromatic N) is 3. The molecule has 0 unspecified atom stereocenters. The van der Waals surface area contributed by atoms with Gasteiger partial charge in [-0.3, -0.25) is 9.48 Å². The quantitative estimate of drug-likeness (QED) is 0.822. The lowest BCUT2D eigenvalue weighted by Gasteiger charge is -2.27. The van der Waals surface area contributed by atoms with Gasteiger partial charge in [-0.25, -0.2) is 0 Å². The monoisotopic (exact) mass is 244 g/mol. The Morgan fingerprint density at radius 1 is 1.38 bits per heavy atom. The van der Waals surface area contributed by atoms with E-state index in [0.29, 0.717) is 13.0 Å². The van der Waals surface area contributed by atoms with Crippen molar-refractivity contribution in [1.82, 2.24) is 20.0 Å². The Labute approximate surface area is 101 Å². The first-order valence-electron chi connectivity index (χ1n) is 5.32. The van der Waals surface area contributed by atoms with Crippen LogP contribution in [0.4, 0.5) is 0 Å². The standard InChI is InChI=1S/C10H16N4O.ClH/c15-10(13-8-4-11-5-9-13)2-7-14-6-1-3-12-14;/h1,3,6,11H,2,4-5,7-9H2;1H. The van der Waals surface area contributed by atoms with Crippen LogP contribution in [0.5, 0.6) is 0 Å². The fourth-order valence-electron chi connectivity index (χ4n) is 1.72. The first-order chi connectivity index (χ1) is 7.36. The molecule has 1 aromatic rings. The summed E-state index contributed by atoms with van der Waals surface area (Å²) in [6.45, 7) is 4.16. The maximum atomic E-state index is 11.8. The first-order valence-corrected chi connectivity index (χ1v) is 5.32. The number of nitrogens with one attached hydrogen (secondary N) is 1. The molecular formula is C10H17ClN4O. The Morgan fingerprint density at radius 3 is 2.75 bits per heavy atom. The van der Waals surface area contributed by atoms with E-state index >= 15 is 0 Å². The van der Waals surface area contributed by atoms with Gasteiger partial charge in [0.1, 0.15) is 0 Å². The van der Waals surface area contributed by atoms with Crippen LogP contribution in [0.25, 0.3) is 0 Å². The molecule has 1 amide bonds. The number of aromatic nitrogens is 2. The number of hydrogen-bond donors (Lipinski definition) is 1. The highest BCUT2D eigenvalue weighted by Gasteiger charge is 2.15. The van der Waals surface area contributed by atoms with Crippen LogP contribution >= 0.6 is 12.4 Å². The predicted molar refractivity (Wildman–Crippen MR) is 63.5 cm³/mol. The summed E-state index contributed by atoms with van der Waals surface area (Å²) in [7, 11) is 0. The van der Waals surface area contributed by atoms with Crippen molar-refractivity contribution in [2.75, 3.05) is 26.2 Å². The van der Waals surface area contributed by atoms with Crippen LogP contribution in [0.15, 0.2) is 18.5 Å². The molecule has 1 saturated heterocycles. The Balaban J connectivity index is 0.00000128. The fraction of sp³-hybridized carbons (Fsp3) is 0.600. The minimum absolute atomic E-state index is 0. The average Bonchev–Trinajstić information content (AvgIpc) is 2.80. The summed E-state index contributed by atoms with van der Waals surface area (Å²) >= 11 is 0. The molecule has 1 aliphatic rings. The van der Waals surface area contributed by atoms with Gasteiger partial charge in [0, 0.05) is 51.5 Å². The molecule has 5 nitrogen and oxygen atoms in total. The molecule has 1 N–H and O–H groups in total. The van der Waals surface area contributed by atoms with Gasteiger partial charge in [-0.2, -0.15) is 5.10 Å². The van der Waals surface area contributed by atoms with E-state index in [4.69, 9.17) is 0 Å². The molecule has 0 radical (unpaired) electrons. The van der Waals surface area contributed by atoms with Crippen LogP contribution in [0.3, 0.4) is 0 Å². The van der Waals surface area contributed by atoms with Crippen molar-refractivity contribution in [3.05, 3.63) is 18.5 Å². The van der Waals surface area contributed by atoms with Gasteiger partial charge in [0.25, 0.3) is 0 Å². The van der Waals surface area contributed by atoms with Crippen molar-refractivity contribution in [2.24, 2.45) is 0 Å². The Kier molecular flexibility index (Phi) is 5.28. The second kappa shape index (κ2) is 6.50. The summed E-state index contributed by atoms with van der Waals surface area (Å²) in [4.78, 5) is 13.7. The third-order valence-corrected chi connectivity index (χ3v) is 2.58. The second-order valence-electron chi connectivity index (χ2n) is 3.65. The normalized spacial score (nSPS) is 15.6. The zero-order valence-corrected chi connectivity index (χ0v) is 9.95. The molecule has 0 saturated carbocycles. The first kappa shape index (κ1) is 13.0. The van der Waals surface area contributed by atoms with Crippen molar-refractivity contribution in [2.45, 2.75) is 13.0 Å². The SMILES string of the molecule is Cl.O=C(CCn1cccn1)N1CCNCC1. The highest BCUT2D eigenvalue weighted by molar-refractivity contribution is 5.85. The Bertz CT molecular complexity index is 309. The maximum Gasteiger partial charge on any atom is 0.224 e. The van der Waals surface area contributed by atoms with E-state index in [0.717, 1.165) is 26.2 Å². The lowest BCUT2D eigenvalue weighted by molar-refractivity contribution is -0.132.